The minimum absolute atomic E-state index is 0.192. The van der Waals surface area contributed by atoms with Crippen LogP contribution in [0.15, 0.2) is 0 Å². The van der Waals surface area contributed by atoms with Crippen LogP contribution in [0.4, 0.5) is 0 Å². The van der Waals surface area contributed by atoms with Crippen LogP contribution >= 0.6 is 0 Å². The molecule has 0 saturated carbocycles. The molecule has 19 heavy (non-hydrogen) atoms. The normalized spacial score (nSPS) is 23.5. The Bertz CT molecular complexity index is 350. The maximum atomic E-state index is 12.2. The minimum atomic E-state index is -0.495. The standard InChI is InChI=1S/C15H26N2O2/c1-6-11(7-2)12-8-9-13(17(12)10-16)14(18)19-15(3,4)5/h11-13H,6-9H2,1-5H3. The lowest BCUT2D eigenvalue weighted by Crippen LogP contribution is -2.43. The molecule has 2 unspecified atom stereocenters. The Kier molecular flexibility index (Phi) is 5.22. The highest BCUT2D eigenvalue weighted by Crippen LogP contribution is 2.32. The van der Waals surface area contributed by atoms with Gasteiger partial charge in [0.05, 0.1) is 0 Å². The topological polar surface area (TPSA) is 53.3 Å². The molecule has 0 aromatic heterocycles. The van der Waals surface area contributed by atoms with Gasteiger partial charge >= 0.3 is 5.97 Å². The third kappa shape index (κ3) is 3.86. The molecule has 1 saturated heterocycles. The lowest BCUT2D eigenvalue weighted by Gasteiger charge is -2.30. The summed E-state index contributed by atoms with van der Waals surface area (Å²) < 4.78 is 5.42. The average Bonchev–Trinajstić information content (AvgIpc) is 2.72. The Morgan fingerprint density at radius 3 is 2.37 bits per heavy atom. The van der Waals surface area contributed by atoms with Crippen LogP contribution in [0.5, 0.6) is 0 Å². The predicted molar refractivity (Wildman–Crippen MR) is 74.2 cm³/mol. The number of carbonyl (C=O) groups excluding carboxylic acids is 1. The largest absolute Gasteiger partial charge is 0.458 e. The van der Waals surface area contributed by atoms with Gasteiger partial charge < -0.3 is 4.74 Å². The van der Waals surface area contributed by atoms with Crippen LogP contribution in [-0.2, 0) is 9.53 Å². The molecule has 0 bridgehead atoms. The summed E-state index contributed by atoms with van der Waals surface area (Å²) in [4.78, 5) is 13.8. The summed E-state index contributed by atoms with van der Waals surface area (Å²) in [6, 6.07) is -0.202. The van der Waals surface area contributed by atoms with E-state index in [-0.39, 0.29) is 12.0 Å². The van der Waals surface area contributed by atoms with E-state index in [9.17, 15) is 10.1 Å². The Morgan fingerprint density at radius 2 is 1.95 bits per heavy atom. The maximum Gasteiger partial charge on any atom is 0.330 e. The van der Waals surface area contributed by atoms with Gasteiger partial charge in [0.2, 0.25) is 0 Å². The number of ether oxygens (including phenoxy) is 1. The number of hydrogen-bond acceptors (Lipinski definition) is 4. The van der Waals surface area contributed by atoms with E-state index in [4.69, 9.17) is 4.74 Å². The van der Waals surface area contributed by atoms with Gasteiger partial charge in [0.15, 0.2) is 6.19 Å². The summed E-state index contributed by atoms with van der Waals surface area (Å²) in [6.07, 6.45) is 5.93. The number of nitriles is 1. The first-order valence-electron chi connectivity index (χ1n) is 7.25. The highest BCUT2D eigenvalue weighted by atomic mass is 16.6. The van der Waals surface area contributed by atoms with E-state index in [1.54, 1.807) is 4.90 Å². The van der Waals surface area contributed by atoms with Crippen LogP contribution in [0.3, 0.4) is 0 Å². The van der Waals surface area contributed by atoms with Crippen molar-refractivity contribution in [1.29, 1.82) is 5.26 Å². The van der Waals surface area contributed by atoms with Gasteiger partial charge in [0, 0.05) is 6.04 Å². The molecule has 4 nitrogen and oxygen atoms in total. The number of carbonyl (C=O) groups is 1. The number of hydrogen-bond donors (Lipinski definition) is 0. The second-order valence-corrected chi connectivity index (χ2v) is 6.28. The van der Waals surface area contributed by atoms with Crippen molar-refractivity contribution in [2.24, 2.45) is 5.92 Å². The lowest BCUT2D eigenvalue weighted by atomic mass is 9.92. The SMILES string of the molecule is CCC(CC)C1CCC(C(=O)OC(C)(C)C)N1C#N. The highest BCUT2D eigenvalue weighted by molar-refractivity contribution is 5.77. The number of nitrogens with zero attached hydrogens (tertiary/aromatic N) is 2. The van der Waals surface area contributed by atoms with Gasteiger partial charge in [-0.05, 0) is 39.5 Å². The van der Waals surface area contributed by atoms with E-state index in [0.29, 0.717) is 5.92 Å². The van der Waals surface area contributed by atoms with Crippen LogP contribution in [-0.4, -0.2) is 28.6 Å². The van der Waals surface area contributed by atoms with Gasteiger partial charge in [-0.15, -0.1) is 0 Å². The number of likely N-dealkylation sites (tertiary alicyclic amines) is 1. The van der Waals surface area contributed by atoms with Gasteiger partial charge in [0.1, 0.15) is 11.6 Å². The zero-order valence-electron chi connectivity index (χ0n) is 12.8. The molecule has 0 amide bonds. The second kappa shape index (κ2) is 6.27. The smallest absolute Gasteiger partial charge is 0.330 e. The molecule has 4 heteroatoms. The first-order chi connectivity index (χ1) is 8.84. The van der Waals surface area contributed by atoms with Crippen molar-refractivity contribution in [3.8, 4) is 6.19 Å². The Balaban J connectivity index is 2.78. The molecule has 0 spiro atoms. The number of rotatable bonds is 4. The van der Waals surface area contributed by atoms with Crippen molar-refractivity contribution in [3.63, 3.8) is 0 Å². The molecule has 0 aromatic rings. The van der Waals surface area contributed by atoms with E-state index in [2.05, 4.69) is 20.0 Å². The van der Waals surface area contributed by atoms with Gasteiger partial charge in [-0.25, -0.2) is 4.79 Å². The molecule has 0 N–H and O–H groups in total. The fourth-order valence-corrected chi connectivity index (χ4v) is 2.88. The van der Waals surface area contributed by atoms with E-state index < -0.39 is 11.6 Å². The third-order valence-electron chi connectivity index (χ3n) is 3.82. The molecule has 108 valence electrons. The Labute approximate surface area is 116 Å². The first kappa shape index (κ1) is 15.8. The van der Waals surface area contributed by atoms with Crippen LogP contribution in [0, 0.1) is 17.4 Å². The van der Waals surface area contributed by atoms with Crippen molar-refractivity contribution in [2.75, 3.05) is 0 Å². The van der Waals surface area contributed by atoms with Gasteiger partial charge in [-0.1, -0.05) is 26.7 Å². The summed E-state index contributed by atoms with van der Waals surface area (Å²) in [5.74, 6) is 0.217. The lowest BCUT2D eigenvalue weighted by molar-refractivity contribution is -0.159. The summed E-state index contributed by atoms with van der Waals surface area (Å²) in [7, 11) is 0. The van der Waals surface area contributed by atoms with Crippen molar-refractivity contribution < 1.29 is 9.53 Å². The fourth-order valence-electron chi connectivity index (χ4n) is 2.88. The summed E-state index contributed by atoms with van der Waals surface area (Å²) >= 11 is 0. The van der Waals surface area contributed by atoms with E-state index >= 15 is 0 Å². The van der Waals surface area contributed by atoms with Crippen LogP contribution in [0.2, 0.25) is 0 Å². The number of esters is 1. The first-order valence-corrected chi connectivity index (χ1v) is 7.25. The monoisotopic (exact) mass is 266 g/mol. The zero-order valence-corrected chi connectivity index (χ0v) is 12.8. The quantitative estimate of drug-likeness (QED) is 0.579. The molecule has 1 rings (SSSR count). The third-order valence-corrected chi connectivity index (χ3v) is 3.82. The summed E-state index contributed by atoms with van der Waals surface area (Å²) in [5.41, 5.74) is -0.495. The van der Waals surface area contributed by atoms with E-state index in [0.717, 1.165) is 25.7 Å². The Morgan fingerprint density at radius 1 is 1.37 bits per heavy atom. The van der Waals surface area contributed by atoms with Gasteiger partial charge in [0.25, 0.3) is 0 Å². The van der Waals surface area contributed by atoms with E-state index in [1.165, 1.54) is 0 Å². The van der Waals surface area contributed by atoms with Crippen LogP contribution < -0.4 is 0 Å². The molecule has 0 aromatic carbocycles. The molecule has 1 aliphatic rings. The van der Waals surface area contributed by atoms with Crippen LogP contribution in [0.1, 0.15) is 60.3 Å². The van der Waals surface area contributed by atoms with Crippen molar-refractivity contribution >= 4 is 5.97 Å². The molecular weight excluding hydrogens is 240 g/mol. The summed E-state index contributed by atoms with van der Waals surface area (Å²) in [6.45, 7) is 9.86. The minimum Gasteiger partial charge on any atom is -0.458 e. The average molecular weight is 266 g/mol. The zero-order chi connectivity index (χ0) is 14.6. The molecule has 2 atom stereocenters. The molecule has 1 heterocycles. The summed E-state index contributed by atoms with van der Waals surface area (Å²) in [5, 5.41) is 9.36. The molecule has 0 aliphatic carbocycles. The molecule has 0 radical (unpaired) electrons. The highest BCUT2D eigenvalue weighted by Gasteiger charge is 2.41. The van der Waals surface area contributed by atoms with Gasteiger partial charge in [-0.3, -0.25) is 4.90 Å². The van der Waals surface area contributed by atoms with Crippen molar-refractivity contribution in [3.05, 3.63) is 0 Å². The second-order valence-electron chi connectivity index (χ2n) is 6.28. The van der Waals surface area contributed by atoms with Crippen LogP contribution in [0.25, 0.3) is 0 Å². The molecule has 1 fully saturated rings. The van der Waals surface area contributed by atoms with E-state index in [1.807, 2.05) is 20.8 Å². The molecular formula is C15H26N2O2. The predicted octanol–water partition coefficient (Wildman–Crippen LogP) is 3.08. The Hall–Kier alpha value is -1.24. The van der Waals surface area contributed by atoms with Crippen molar-refractivity contribution in [2.45, 2.75) is 78.0 Å². The maximum absolute atomic E-state index is 12.2. The fraction of sp³-hybridized carbons (Fsp3) is 0.867. The molecule has 1 aliphatic heterocycles. The van der Waals surface area contributed by atoms with Crippen molar-refractivity contribution in [1.82, 2.24) is 4.90 Å². The van der Waals surface area contributed by atoms with Gasteiger partial charge in [-0.2, -0.15) is 5.26 Å².